The standard InChI is InChI=1S/C25H48O5/c1-2-3-4-5-6-7-8-9-10-11-12-13-14-15-16-17-18-19-29-21-23-25(28)24(27)22(26)20-30-23/h17-18,22-28H,2-16,19-21H2,1H3/b18-17+/t22-,23+,24+,25+/m1/s1. The predicted octanol–water partition coefficient (Wildman–Crippen LogP) is 4.91. The molecule has 0 aromatic heterocycles. The van der Waals surface area contributed by atoms with Crippen molar-refractivity contribution in [3.63, 3.8) is 0 Å². The molecule has 1 fully saturated rings. The van der Waals surface area contributed by atoms with E-state index in [1.807, 2.05) is 6.08 Å². The minimum absolute atomic E-state index is 0.0290. The van der Waals surface area contributed by atoms with Crippen LogP contribution in [0.15, 0.2) is 12.2 Å². The lowest BCUT2D eigenvalue weighted by atomic mass is 10.0. The van der Waals surface area contributed by atoms with Gasteiger partial charge in [-0.3, -0.25) is 0 Å². The Hall–Kier alpha value is -0.460. The van der Waals surface area contributed by atoms with Crippen molar-refractivity contribution < 1.29 is 24.8 Å². The predicted molar refractivity (Wildman–Crippen MR) is 123 cm³/mol. The second kappa shape index (κ2) is 19.2. The molecule has 0 aliphatic carbocycles. The quantitative estimate of drug-likeness (QED) is 0.201. The van der Waals surface area contributed by atoms with Gasteiger partial charge < -0.3 is 24.8 Å². The number of aliphatic hydroxyl groups excluding tert-OH is 3. The van der Waals surface area contributed by atoms with Crippen LogP contribution < -0.4 is 0 Å². The van der Waals surface area contributed by atoms with Crippen LogP contribution in [0.2, 0.25) is 0 Å². The lowest BCUT2D eigenvalue weighted by Crippen LogP contribution is -2.54. The fourth-order valence-corrected chi connectivity index (χ4v) is 3.91. The summed E-state index contributed by atoms with van der Waals surface area (Å²) >= 11 is 0. The van der Waals surface area contributed by atoms with Crippen molar-refractivity contribution in [2.24, 2.45) is 0 Å². The fraction of sp³-hybridized carbons (Fsp3) is 0.920. The number of hydrogen-bond acceptors (Lipinski definition) is 5. The molecule has 1 aliphatic rings. The number of unbranched alkanes of at least 4 members (excludes halogenated alkanes) is 14. The van der Waals surface area contributed by atoms with E-state index in [-0.39, 0.29) is 13.2 Å². The van der Waals surface area contributed by atoms with Gasteiger partial charge in [-0.2, -0.15) is 0 Å². The van der Waals surface area contributed by atoms with Gasteiger partial charge in [0.05, 0.1) is 19.8 Å². The molecule has 1 aliphatic heterocycles. The molecular formula is C25H48O5. The molecule has 0 unspecified atom stereocenters. The summed E-state index contributed by atoms with van der Waals surface area (Å²) in [6, 6.07) is 0. The van der Waals surface area contributed by atoms with Crippen LogP contribution >= 0.6 is 0 Å². The Balaban J connectivity index is 1.79. The van der Waals surface area contributed by atoms with Gasteiger partial charge in [0.25, 0.3) is 0 Å². The van der Waals surface area contributed by atoms with E-state index in [1.54, 1.807) is 0 Å². The van der Waals surface area contributed by atoms with Gasteiger partial charge in [0, 0.05) is 0 Å². The summed E-state index contributed by atoms with van der Waals surface area (Å²) in [4.78, 5) is 0. The first-order valence-electron chi connectivity index (χ1n) is 12.5. The molecule has 0 spiro atoms. The van der Waals surface area contributed by atoms with Crippen LogP contribution in [-0.2, 0) is 9.47 Å². The maximum atomic E-state index is 9.83. The van der Waals surface area contributed by atoms with Crippen LogP contribution in [0.3, 0.4) is 0 Å². The van der Waals surface area contributed by atoms with E-state index in [9.17, 15) is 15.3 Å². The lowest BCUT2D eigenvalue weighted by Gasteiger charge is -2.34. The summed E-state index contributed by atoms with van der Waals surface area (Å²) in [6.07, 6.45) is 20.7. The number of allylic oxidation sites excluding steroid dienone is 1. The molecule has 4 atom stereocenters. The molecule has 178 valence electrons. The van der Waals surface area contributed by atoms with E-state index in [4.69, 9.17) is 9.47 Å². The molecule has 5 nitrogen and oxygen atoms in total. The summed E-state index contributed by atoms with van der Waals surface area (Å²) < 4.78 is 10.8. The van der Waals surface area contributed by atoms with Gasteiger partial charge in [-0.15, -0.1) is 0 Å². The maximum absolute atomic E-state index is 9.83. The summed E-state index contributed by atoms with van der Waals surface area (Å²) in [5, 5.41) is 28.9. The summed E-state index contributed by atoms with van der Waals surface area (Å²) in [6.45, 7) is 3.00. The van der Waals surface area contributed by atoms with Crippen molar-refractivity contribution in [1.29, 1.82) is 0 Å². The molecule has 1 saturated heterocycles. The molecule has 0 saturated carbocycles. The Morgan fingerprint density at radius 2 is 1.27 bits per heavy atom. The molecule has 0 bridgehead atoms. The molecule has 30 heavy (non-hydrogen) atoms. The first-order chi connectivity index (χ1) is 14.7. The maximum Gasteiger partial charge on any atom is 0.111 e. The van der Waals surface area contributed by atoms with Crippen LogP contribution in [-0.4, -0.2) is 59.6 Å². The van der Waals surface area contributed by atoms with Crippen LogP contribution in [0, 0.1) is 0 Å². The number of aliphatic hydroxyl groups is 3. The molecule has 0 radical (unpaired) electrons. The van der Waals surface area contributed by atoms with Gasteiger partial charge in [-0.1, -0.05) is 103 Å². The topological polar surface area (TPSA) is 79.2 Å². The first-order valence-corrected chi connectivity index (χ1v) is 12.5. The first kappa shape index (κ1) is 27.6. The third-order valence-electron chi connectivity index (χ3n) is 5.99. The van der Waals surface area contributed by atoms with E-state index >= 15 is 0 Å². The van der Waals surface area contributed by atoms with Crippen molar-refractivity contribution in [1.82, 2.24) is 0 Å². The van der Waals surface area contributed by atoms with Gasteiger partial charge in [0.1, 0.15) is 24.4 Å². The fourth-order valence-electron chi connectivity index (χ4n) is 3.91. The minimum atomic E-state index is -1.16. The van der Waals surface area contributed by atoms with Gasteiger partial charge in [0.15, 0.2) is 0 Å². The highest BCUT2D eigenvalue weighted by Crippen LogP contribution is 2.16. The van der Waals surface area contributed by atoms with E-state index in [1.165, 1.54) is 89.9 Å². The number of hydrogen-bond donors (Lipinski definition) is 3. The van der Waals surface area contributed by atoms with E-state index in [0.29, 0.717) is 6.61 Å². The van der Waals surface area contributed by atoms with Crippen LogP contribution in [0.25, 0.3) is 0 Å². The highest BCUT2D eigenvalue weighted by molar-refractivity contribution is 4.87. The monoisotopic (exact) mass is 428 g/mol. The Morgan fingerprint density at radius 1 is 0.733 bits per heavy atom. The zero-order chi connectivity index (χ0) is 21.9. The van der Waals surface area contributed by atoms with E-state index in [2.05, 4.69) is 13.0 Å². The Morgan fingerprint density at radius 3 is 1.83 bits per heavy atom. The largest absolute Gasteiger partial charge is 0.388 e. The van der Waals surface area contributed by atoms with Crippen molar-refractivity contribution in [2.45, 2.75) is 128 Å². The molecule has 3 N–H and O–H groups in total. The van der Waals surface area contributed by atoms with E-state index in [0.717, 1.165) is 6.42 Å². The van der Waals surface area contributed by atoms with Gasteiger partial charge in [0.2, 0.25) is 0 Å². The Bertz CT molecular complexity index is 401. The zero-order valence-corrected chi connectivity index (χ0v) is 19.4. The third kappa shape index (κ3) is 13.8. The smallest absolute Gasteiger partial charge is 0.111 e. The molecule has 0 aromatic rings. The average molecular weight is 429 g/mol. The minimum Gasteiger partial charge on any atom is -0.388 e. The SMILES string of the molecule is CCCCCCCCCCCCCCCC/C=C/COC[C@@H]1OC[C@@H](O)[C@H](O)[C@H]1O. The summed E-state index contributed by atoms with van der Waals surface area (Å²) in [7, 11) is 0. The average Bonchev–Trinajstić information content (AvgIpc) is 2.75. The Labute approximate surface area is 184 Å². The van der Waals surface area contributed by atoms with Gasteiger partial charge in [-0.25, -0.2) is 0 Å². The van der Waals surface area contributed by atoms with Gasteiger partial charge in [-0.05, 0) is 12.8 Å². The molecule has 1 heterocycles. The lowest BCUT2D eigenvalue weighted by molar-refractivity contribution is -0.198. The molecule has 5 heteroatoms. The second-order valence-corrected chi connectivity index (χ2v) is 8.81. The summed E-state index contributed by atoms with van der Waals surface area (Å²) in [5.74, 6) is 0. The van der Waals surface area contributed by atoms with E-state index < -0.39 is 24.4 Å². The third-order valence-corrected chi connectivity index (χ3v) is 5.99. The molecule has 1 rings (SSSR count). The highest BCUT2D eigenvalue weighted by Gasteiger charge is 2.37. The van der Waals surface area contributed by atoms with Crippen molar-refractivity contribution >= 4 is 0 Å². The number of rotatable bonds is 19. The normalized spacial score (nSPS) is 24.7. The van der Waals surface area contributed by atoms with Crippen LogP contribution in [0.5, 0.6) is 0 Å². The molecule has 0 amide bonds. The van der Waals surface area contributed by atoms with Crippen molar-refractivity contribution in [3.8, 4) is 0 Å². The van der Waals surface area contributed by atoms with Gasteiger partial charge >= 0.3 is 0 Å². The van der Waals surface area contributed by atoms with Crippen LogP contribution in [0.1, 0.15) is 103 Å². The number of ether oxygens (including phenoxy) is 2. The van der Waals surface area contributed by atoms with Crippen LogP contribution in [0.4, 0.5) is 0 Å². The van der Waals surface area contributed by atoms with Crippen molar-refractivity contribution in [2.75, 3.05) is 19.8 Å². The summed E-state index contributed by atoms with van der Waals surface area (Å²) in [5.41, 5.74) is 0. The highest BCUT2D eigenvalue weighted by atomic mass is 16.6. The molecule has 0 aromatic carbocycles. The molecular weight excluding hydrogens is 380 g/mol. The van der Waals surface area contributed by atoms with Crippen molar-refractivity contribution in [3.05, 3.63) is 12.2 Å². The Kier molecular flexibility index (Phi) is 17.7. The zero-order valence-electron chi connectivity index (χ0n) is 19.4. The second-order valence-electron chi connectivity index (χ2n) is 8.81.